The molecule has 0 unspecified atom stereocenters. The molecule has 8 aromatic carbocycles. The summed E-state index contributed by atoms with van der Waals surface area (Å²) < 4.78 is 2.42. The summed E-state index contributed by atoms with van der Waals surface area (Å²) >= 11 is 0. The van der Waals surface area contributed by atoms with Crippen molar-refractivity contribution in [1.82, 2.24) is 14.5 Å². The van der Waals surface area contributed by atoms with Crippen molar-refractivity contribution in [2.45, 2.75) is 19.3 Å². The number of hydrogen-bond donors (Lipinski definition) is 0. The van der Waals surface area contributed by atoms with E-state index in [1.54, 1.807) is 0 Å². The van der Waals surface area contributed by atoms with Gasteiger partial charge in [0.25, 0.3) is 0 Å². The van der Waals surface area contributed by atoms with Gasteiger partial charge in [-0.1, -0.05) is 129 Å². The van der Waals surface area contributed by atoms with Crippen molar-refractivity contribution in [3.63, 3.8) is 0 Å². The van der Waals surface area contributed by atoms with E-state index in [2.05, 4.69) is 182 Å². The predicted molar refractivity (Wildman–Crippen MR) is 224 cm³/mol. The third-order valence-corrected chi connectivity index (χ3v) is 12.2. The largest absolute Gasteiger partial charge is 0.309 e. The summed E-state index contributed by atoms with van der Waals surface area (Å²) in [6.45, 7) is 4.71. The Morgan fingerprint density at radius 2 is 1.07 bits per heavy atom. The van der Waals surface area contributed by atoms with Gasteiger partial charge >= 0.3 is 0 Å². The van der Waals surface area contributed by atoms with E-state index < -0.39 is 0 Å². The quantitative estimate of drug-likeness (QED) is 0.185. The van der Waals surface area contributed by atoms with Gasteiger partial charge in [-0.25, -0.2) is 9.97 Å². The Balaban J connectivity index is 1.02. The van der Waals surface area contributed by atoms with Gasteiger partial charge in [-0.15, -0.1) is 0 Å². The lowest BCUT2D eigenvalue weighted by Gasteiger charge is -2.21. The van der Waals surface area contributed by atoms with Crippen LogP contribution in [0.1, 0.15) is 25.0 Å². The number of benzene rings is 8. The van der Waals surface area contributed by atoms with Crippen LogP contribution in [0.3, 0.4) is 0 Å². The summed E-state index contributed by atoms with van der Waals surface area (Å²) in [4.78, 5) is 10.5. The number of hydrogen-bond acceptors (Lipinski definition) is 2. The minimum atomic E-state index is -0.0780. The Morgan fingerprint density at radius 1 is 0.426 bits per heavy atom. The third-order valence-electron chi connectivity index (χ3n) is 12.2. The molecule has 0 fully saturated rings. The van der Waals surface area contributed by atoms with E-state index in [0.29, 0.717) is 0 Å². The molecule has 3 nitrogen and oxygen atoms in total. The highest BCUT2D eigenvalue weighted by molar-refractivity contribution is 6.19. The minimum Gasteiger partial charge on any atom is -0.309 e. The van der Waals surface area contributed by atoms with E-state index in [4.69, 9.17) is 9.97 Å². The lowest BCUT2D eigenvalue weighted by Crippen LogP contribution is -2.14. The van der Waals surface area contributed by atoms with Crippen molar-refractivity contribution in [1.29, 1.82) is 0 Å². The maximum Gasteiger partial charge on any atom is 0.160 e. The Labute approximate surface area is 312 Å². The molecule has 12 rings (SSSR count). The van der Waals surface area contributed by atoms with Crippen LogP contribution < -0.4 is 0 Å². The normalized spacial score (nSPS) is 13.5. The summed E-state index contributed by atoms with van der Waals surface area (Å²) in [5.41, 5.74) is 18.1. The van der Waals surface area contributed by atoms with Crippen molar-refractivity contribution in [2.24, 2.45) is 0 Å². The standard InChI is InChI=1S/C51H33N3/c1-51(2)43-19-8-5-14-34(43)41-28-42-35-15-7-10-21-46(35)54(47(42)29-44(41)51)31-24-22-30(23-25-31)50-52-45-20-9-6-16-40(45)49(53-50)39-27-26-38-33-13-4-3-12-32(33)36-17-11-18-37(39)48(36)38/h3-29H,1-2H3. The van der Waals surface area contributed by atoms with Crippen LogP contribution in [-0.4, -0.2) is 14.5 Å². The number of nitrogens with zero attached hydrogens (tertiary/aromatic N) is 3. The van der Waals surface area contributed by atoms with Crippen LogP contribution in [-0.2, 0) is 5.41 Å². The van der Waals surface area contributed by atoms with Gasteiger partial charge < -0.3 is 4.57 Å². The smallest absolute Gasteiger partial charge is 0.160 e. The van der Waals surface area contributed by atoms with E-state index in [1.807, 2.05) is 0 Å². The first-order valence-corrected chi connectivity index (χ1v) is 18.8. The predicted octanol–water partition coefficient (Wildman–Crippen LogP) is 13.2. The lowest BCUT2D eigenvalue weighted by molar-refractivity contribution is 0.661. The van der Waals surface area contributed by atoms with Crippen molar-refractivity contribution in [2.75, 3.05) is 0 Å². The van der Waals surface area contributed by atoms with Crippen molar-refractivity contribution in [3.8, 4) is 61.7 Å². The van der Waals surface area contributed by atoms with Crippen LogP contribution >= 0.6 is 0 Å². The fraction of sp³-hybridized carbons (Fsp3) is 0.0588. The molecule has 3 heteroatoms. The van der Waals surface area contributed by atoms with Gasteiger partial charge in [0.05, 0.1) is 22.2 Å². The maximum atomic E-state index is 5.37. The average molecular weight is 688 g/mol. The molecule has 0 bridgehead atoms. The van der Waals surface area contributed by atoms with Crippen LogP contribution in [0.4, 0.5) is 0 Å². The monoisotopic (exact) mass is 687 g/mol. The molecule has 0 N–H and O–H groups in total. The van der Waals surface area contributed by atoms with Gasteiger partial charge in [0.2, 0.25) is 0 Å². The summed E-state index contributed by atoms with van der Waals surface area (Å²) in [6, 6.07) is 59.7. The second-order valence-corrected chi connectivity index (χ2v) is 15.3. The van der Waals surface area contributed by atoms with Crippen molar-refractivity contribution >= 4 is 43.5 Å². The second-order valence-electron chi connectivity index (χ2n) is 15.3. The van der Waals surface area contributed by atoms with Gasteiger partial charge in [-0.05, 0) is 104 Å². The Morgan fingerprint density at radius 3 is 1.91 bits per heavy atom. The highest BCUT2D eigenvalue weighted by atomic mass is 15.0. The van der Waals surface area contributed by atoms with Gasteiger partial charge in [-0.2, -0.15) is 0 Å². The summed E-state index contributed by atoms with van der Waals surface area (Å²) in [5.74, 6) is 0.723. The van der Waals surface area contributed by atoms with E-state index in [-0.39, 0.29) is 5.41 Å². The van der Waals surface area contributed by atoms with Crippen LogP contribution in [0.25, 0.3) is 105 Å². The highest BCUT2D eigenvalue weighted by Gasteiger charge is 2.36. The summed E-state index contributed by atoms with van der Waals surface area (Å²) in [7, 11) is 0. The number of rotatable bonds is 3. The SMILES string of the molecule is CC1(C)c2ccccc2-c2cc3c4ccccc4n(-c4ccc(-c5nc(-c6ccc7c8c(cccc68)-c6ccccc6-7)c6ccccc6n5)cc4)c3cc21. The highest BCUT2D eigenvalue weighted by Crippen LogP contribution is 2.52. The zero-order valence-corrected chi connectivity index (χ0v) is 29.9. The number of fused-ring (bicyclic) bond motifs is 10. The number of aromatic nitrogens is 3. The molecule has 0 aliphatic heterocycles. The molecule has 0 spiro atoms. The fourth-order valence-corrected chi connectivity index (χ4v) is 9.63. The van der Waals surface area contributed by atoms with E-state index >= 15 is 0 Å². The first-order valence-electron chi connectivity index (χ1n) is 18.8. The van der Waals surface area contributed by atoms with Crippen molar-refractivity contribution in [3.05, 3.63) is 175 Å². The van der Waals surface area contributed by atoms with Crippen molar-refractivity contribution < 1.29 is 0 Å². The third kappa shape index (κ3) is 3.91. The molecule has 0 saturated heterocycles. The molecule has 252 valence electrons. The average Bonchev–Trinajstić information content (AvgIpc) is 3.81. The van der Waals surface area contributed by atoms with Crippen LogP contribution in [0.5, 0.6) is 0 Å². The molecule has 54 heavy (non-hydrogen) atoms. The minimum absolute atomic E-state index is 0.0780. The molecule has 0 saturated carbocycles. The molecular formula is C51H33N3. The first kappa shape index (κ1) is 29.7. The van der Waals surface area contributed by atoms with E-state index in [1.165, 1.54) is 77.1 Å². The van der Waals surface area contributed by atoms with Gasteiger partial charge in [0.1, 0.15) is 0 Å². The van der Waals surface area contributed by atoms with Crippen LogP contribution in [0, 0.1) is 0 Å². The Hall–Kier alpha value is -6.84. The zero-order valence-electron chi connectivity index (χ0n) is 29.9. The molecule has 2 aliphatic carbocycles. The van der Waals surface area contributed by atoms with E-state index in [0.717, 1.165) is 39.2 Å². The summed E-state index contributed by atoms with van der Waals surface area (Å²) in [5, 5.41) is 6.11. The molecule has 2 aromatic heterocycles. The molecule has 2 aliphatic rings. The topological polar surface area (TPSA) is 30.7 Å². The van der Waals surface area contributed by atoms with Gasteiger partial charge in [0, 0.05) is 38.4 Å². The van der Waals surface area contributed by atoms with Gasteiger partial charge in [0.15, 0.2) is 5.82 Å². The molecule has 0 atom stereocenters. The second kappa shape index (κ2) is 10.6. The van der Waals surface area contributed by atoms with Crippen LogP contribution in [0.15, 0.2) is 164 Å². The molecule has 0 radical (unpaired) electrons. The maximum absolute atomic E-state index is 5.37. The Bertz CT molecular complexity index is 3210. The Kier molecular flexibility index (Phi) is 5.84. The fourth-order valence-electron chi connectivity index (χ4n) is 9.63. The number of para-hydroxylation sites is 2. The molecule has 2 heterocycles. The van der Waals surface area contributed by atoms with Gasteiger partial charge in [-0.3, -0.25) is 0 Å². The lowest BCUT2D eigenvalue weighted by atomic mass is 9.82. The van der Waals surface area contributed by atoms with E-state index in [9.17, 15) is 0 Å². The molecular weight excluding hydrogens is 655 g/mol. The first-order chi connectivity index (χ1) is 26.5. The zero-order chi connectivity index (χ0) is 35.7. The summed E-state index contributed by atoms with van der Waals surface area (Å²) in [6.07, 6.45) is 0. The molecule has 10 aromatic rings. The van der Waals surface area contributed by atoms with Crippen LogP contribution in [0.2, 0.25) is 0 Å². The molecule has 0 amide bonds.